The second kappa shape index (κ2) is 5.24. The molecular weight excluding hydrogens is 258 g/mol. The Morgan fingerprint density at radius 2 is 2.10 bits per heavy atom. The van der Waals surface area contributed by atoms with E-state index in [9.17, 15) is 9.59 Å². The summed E-state index contributed by atoms with van der Waals surface area (Å²) in [4.78, 5) is 27.0. The monoisotopic (exact) mass is 281 g/mol. The van der Waals surface area contributed by atoms with Crippen molar-refractivity contribution in [1.29, 1.82) is 0 Å². The van der Waals surface area contributed by atoms with Crippen LogP contribution >= 0.6 is 0 Å². The van der Waals surface area contributed by atoms with Crippen molar-refractivity contribution in [3.63, 3.8) is 0 Å². The van der Waals surface area contributed by atoms with Crippen LogP contribution in [0.4, 0.5) is 4.79 Å². The van der Waals surface area contributed by atoms with Crippen molar-refractivity contribution < 1.29 is 14.3 Å². The third-order valence-corrected chi connectivity index (χ3v) is 4.87. The molecule has 3 aliphatic rings. The third-order valence-electron chi connectivity index (χ3n) is 4.87. The maximum Gasteiger partial charge on any atom is 0.407 e. The van der Waals surface area contributed by atoms with Crippen LogP contribution in [-0.4, -0.2) is 67.2 Å². The van der Waals surface area contributed by atoms with Crippen molar-refractivity contribution in [2.45, 2.75) is 31.3 Å². The molecule has 3 saturated heterocycles. The lowest BCUT2D eigenvalue weighted by Gasteiger charge is -2.40. The molecular formula is C14H23N3O3. The molecule has 0 radical (unpaired) electrons. The number of hydrogen-bond donors (Lipinski definition) is 1. The van der Waals surface area contributed by atoms with Gasteiger partial charge in [-0.05, 0) is 12.3 Å². The van der Waals surface area contributed by atoms with E-state index in [4.69, 9.17) is 4.74 Å². The fourth-order valence-electron chi connectivity index (χ4n) is 3.54. The second-order valence-electron chi connectivity index (χ2n) is 6.41. The Hall–Kier alpha value is -1.30. The average Bonchev–Trinajstić information content (AvgIpc) is 2.78. The van der Waals surface area contributed by atoms with E-state index in [1.165, 1.54) is 0 Å². The van der Waals surface area contributed by atoms with Crippen molar-refractivity contribution in [2.24, 2.45) is 5.92 Å². The predicted molar refractivity (Wildman–Crippen MR) is 73.2 cm³/mol. The van der Waals surface area contributed by atoms with E-state index in [0.717, 1.165) is 45.4 Å². The van der Waals surface area contributed by atoms with E-state index in [1.807, 2.05) is 11.9 Å². The number of rotatable bonds is 2. The first-order chi connectivity index (χ1) is 9.56. The number of piperidine rings is 2. The van der Waals surface area contributed by atoms with E-state index in [2.05, 4.69) is 10.2 Å². The molecule has 3 aliphatic heterocycles. The number of carbonyl (C=O) groups excluding carboxylic acids is 2. The fourth-order valence-corrected chi connectivity index (χ4v) is 3.54. The van der Waals surface area contributed by atoms with Crippen LogP contribution in [-0.2, 0) is 9.53 Å². The third kappa shape index (κ3) is 2.75. The summed E-state index contributed by atoms with van der Waals surface area (Å²) in [5.41, 5.74) is -0.257. The molecule has 3 rings (SSSR count). The molecule has 0 aromatic heterocycles. The highest BCUT2D eigenvalue weighted by Gasteiger charge is 2.43. The Kier molecular flexibility index (Phi) is 3.58. The molecule has 3 heterocycles. The van der Waals surface area contributed by atoms with E-state index in [1.54, 1.807) is 0 Å². The molecule has 3 fully saturated rings. The summed E-state index contributed by atoms with van der Waals surface area (Å²) in [6.07, 6.45) is 3.23. The lowest BCUT2D eigenvalue weighted by atomic mass is 9.90. The van der Waals surface area contributed by atoms with Crippen LogP contribution in [0.3, 0.4) is 0 Å². The summed E-state index contributed by atoms with van der Waals surface area (Å²) >= 11 is 0. The first kappa shape index (κ1) is 13.7. The van der Waals surface area contributed by atoms with Gasteiger partial charge in [-0.2, -0.15) is 0 Å². The quantitative estimate of drug-likeness (QED) is 0.797. The van der Waals surface area contributed by atoms with Gasteiger partial charge in [0, 0.05) is 52.5 Å². The van der Waals surface area contributed by atoms with Gasteiger partial charge in [0.2, 0.25) is 5.91 Å². The standard InChI is InChI=1S/C14H23N3O3/c1-16-8-11(2-3-12(16)18)9-17-6-4-14(5-7-17)10-15-13(19)20-14/h11H,2-10H2,1H3,(H,15,19). The molecule has 1 atom stereocenters. The molecule has 6 heteroatoms. The Bertz CT molecular complexity index is 404. The summed E-state index contributed by atoms with van der Waals surface area (Å²) < 4.78 is 5.43. The lowest BCUT2D eigenvalue weighted by Crippen LogP contribution is -2.49. The van der Waals surface area contributed by atoms with E-state index in [0.29, 0.717) is 18.9 Å². The molecule has 6 nitrogen and oxygen atoms in total. The van der Waals surface area contributed by atoms with Crippen molar-refractivity contribution >= 4 is 12.0 Å². The Balaban J connectivity index is 1.47. The van der Waals surface area contributed by atoms with Gasteiger partial charge in [-0.15, -0.1) is 0 Å². The van der Waals surface area contributed by atoms with Gasteiger partial charge in [0.25, 0.3) is 0 Å². The zero-order chi connectivity index (χ0) is 14.2. The largest absolute Gasteiger partial charge is 0.441 e. The number of hydrogen-bond acceptors (Lipinski definition) is 4. The van der Waals surface area contributed by atoms with Crippen LogP contribution in [0.1, 0.15) is 25.7 Å². The molecule has 1 unspecified atom stereocenters. The maximum absolute atomic E-state index is 11.5. The van der Waals surface area contributed by atoms with Crippen LogP contribution in [0.25, 0.3) is 0 Å². The maximum atomic E-state index is 11.5. The van der Waals surface area contributed by atoms with Crippen LogP contribution in [0.2, 0.25) is 0 Å². The van der Waals surface area contributed by atoms with Gasteiger partial charge in [0.1, 0.15) is 5.60 Å². The number of nitrogens with one attached hydrogen (secondary N) is 1. The Morgan fingerprint density at radius 3 is 2.70 bits per heavy atom. The minimum absolute atomic E-state index is 0.257. The first-order valence-corrected chi connectivity index (χ1v) is 7.49. The van der Waals surface area contributed by atoms with Crippen molar-refractivity contribution in [3.05, 3.63) is 0 Å². The van der Waals surface area contributed by atoms with Crippen LogP contribution < -0.4 is 5.32 Å². The molecule has 1 spiro atoms. The number of ether oxygens (including phenoxy) is 1. The molecule has 0 bridgehead atoms. The fraction of sp³-hybridized carbons (Fsp3) is 0.857. The molecule has 0 aliphatic carbocycles. The van der Waals surface area contributed by atoms with E-state index in [-0.39, 0.29) is 17.6 Å². The predicted octanol–water partition coefficient (Wildman–Crippen LogP) is 0.429. The Labute approximate surface area is 119 Å². The lowest BCUT2D eigenvalue weighted by molar-refractivity contribution is -0.133. The topological polar surface area (TPSA) is 61.9 Å². The van der Waals surface area contributed by atoms with Gasteiger partial charge >= 0.3 is 6.09 Å². The normalized spacial score (nSPS) is 30.4. The zero-order valence-electron chi connectivity index (χ0n) is 12.1. The number of likely N-dealkylation sites (tertiary alicyclic amines) is 2. The van der Waals surface area contributed by atoms with Gasteiger partial charge in [-0.1, -0.05) is 0 Å². The van der Waals surface area contributed by atoms with Crippen LogP contribution in [0.5, 0.6) is 0 Å². The molecule has 1 N–H and O–H groups in total. The summed E-state index contributed by atoms with van der Waals surface area (Å²) in [6, 6.07) is 0. The average molecular weight is 281 g/mol. The van der Waals surface area contributed by atoms with Crippen LogP contribution in [0, 0.1) is 5.92 Å². The minimum atomic E-state index is -0.272. The molecule has 0 aromatic carbocycles. The smallest absolute Gasteiger partial charge is 0.407 e. The van der Waals surface area contributed by atoms with Gasteiger partial charge < -0.3 is 19.9 Å². The highest BCUT2D eigenvalue weighted by atomic mass is 16.6. The molecule has 112 valence electrons. The number of amides is 2. The molecule has 20 heavy (non-hydrogen) atoms. The van der Waals surface area contributed by atoms with E-state index < -0.39 is 0 Å². The first-order valence-electron chi connectivity index (χ1n) is 7.49. The van der Waals surface area contributed by atoms with Gasteiger partial charge in [-0.25, -0.2) is 4.79 Å². The highest BCUT2D eigenvalue weighted by molar-refractivity contribution is 5.76. The number of carbonyl (C=O) groups is 2. The van der Waals surface area contributed by atoms with Gasteiger partial charge in [-0.3, -0.25) is 4.79 Å². The van der Waals surface area contributed by atoms with E-state index >= 15 is 0 Å². The Morgan fingerprint density at radius 1 is 1.35 bits per heavy atom. The number of alkyl carbamates (subject to hydrolysis) is 1. The van der Waals surface area contributed by atoms with Crippen molar-refractivity contribution in [2.75, 3.05) is 39.8 Å². The second-order valence-corrected chi connectivity index (χ2v) is 6.41. The molecule has 0 saturated carbocycles. The summed E-state index contributed by atoms with van der Waals surface area (Å²) in [6.45, 7) is 4.53. The zero-order valence-corrected chi connectivity index (χ0v) is 12.1. The van der Waals surface area contributed by atoms with Crippen molar-refractivity contribution in [1.82, 2.24) is 15.1 Å². The SMILES string of the molecule is CN1CC(CN2CCC3(CC2)CNC(=O)O3)CCC1=O. The molecule has 2 amide bonds. The van der Waals surface area contributed by atoms with Gasteiger partial charge in [0.15, 0.2) is 0 Å². The minimum Gasteiger partial charge on any atom is -0.441 e. The van der Waals surface area contributed by atoms with Crippen molar-refractivity contribution in [3.8, 4) is 0 Å². The van der Waals surface area contributed by atoms with Gasteiger partial charge in [0.05, 0.1) is 6.54 Å². The highest BCUT2D eigenvalue weighted by Crippen LogP contribution is 2.30. The number of nitrogens with zero attached hydrogens (tertiary/aromatic N) is 2. The summed E-state index contributed by atoms with van der Waals surface area (Å²) in [5, 5.41) is 2.76. The summed E-state index contributed by atoms with van der Waals surface area (Å²) in [7, 11) is 1.89. The summed E-state index contributed by atoms with van der Waals surface area (Å²) in [5.74, 6) is 0.846. The van der Waals surface area contributed by atoms with Crippen LogP contribution in [0.15, 0.2) is 0 Å². The molecule has 0 aromatic rings.